The molecule has 1 aliphatic rings. The van der Waals surface area contributed by atoms with E-state index in [0.29, 0.717) is 29.7 Å². The average molecular weight is 378 g/mol. The number of amides is 1. The molecule has 0 unspecified atom stereocenters. The van der Waals surface area contributed by atoms with Crippen molar-refractivity contribution in [1.29, 1.82) is 0 Å². The standard InChI is InChI=1S/C19H25ClN4O2/c20-16-9-7-14(8-10-16)18-22-19(26-23-18)15-5-4-12-24(13-15)17(25)6-2-1-3-11-21/h7-10,15H,1-6,11-13,21H2/p+1/t15-/m0/s1. The second kappa shape index (κ2) is 9.14. The quantitative estimate of drug-likeness (QED) is 0.751. The number of unbranched alkanes of at least 4 members (excludes halogenated alkanes) is 2. The number of nitrogens with zero attached hydrogens (tertiary/aromatic N) is 3. The SMILES string of the molecule is [NH3+]CCCCCC(=O)N1CCC[C@H](c2nc(-c3ccc(Cl)cc3)no2)C1. The molecule has 1 fully saturated rings. The highest BCUT2D eigenvalue weighted by Gasteiger charge is 2.28. The maximum atomic E-state index is 12.4. The molecule has 3 rings (SSSR count). The second-order valence-corrected chi connectivity index (χ2v) is 7.24. The molecule has 26 heavy (non-hydrogen) atoms. The predicted molar refractivity (Wildman–Crippen MR) is 99.5 cm³/mol. The first-order valence-electron chi connectivity index (χ1n) is 9.34. The number of piperidine rings is 1. The fourth-order valence-corrected chi connectivity index (χ4v) is 3.44. The van der Waals surface area contributed by atoms with Gasteiger partial charge in [-0.1, -0.05) is 16.8 Å². The van der Waals surface area contributed by atoms with Gasteiger partial charge < -0.3 is 15.2 Å². The van der Waals surface area contributed by atoms with Crippen LogP contribution in [0.15, 0.2) is 28.8 Å². The van der Waals surface area contributed by atoms with E-state index >= 15 is 0 Å². The molecule has 1 aromatic carbocycles. The zero-order valence-electron chi connectivity index (χ0n) is 15.0. The van der Waals surface area contributed by atoms with E-state index in [0.717, 1.165) is 50.8 Å². The van der Waals surface area contributed by atoms with Gasteiger partial charge in [0.05, 0.1) is 12.5 Å². The molecule has 1 atom stereocenters. The lowest BCUT2D eigenvalue weighted by molar-refractivity contribution is -0.368. The van der Waals surface area contributed by atoms with Crippen LogP contribution >= 0.6 is 11.6 Å². The molecule has 7 heteroatoms. The highest BCUT2D eigenvalue weighted by molar-refractivity contribution is 6.30. The van der Waals surface area contributed by atoms with Gasteiger partial charge in [-0.15, -0.1) is 0 Å². The molecule has 0 saturated carbocycles. The molecule has 0 spiro atoms. The van der Waals surface area contributed by atoms with Gasteiger partial charge in [0, 0.05) is 30.1 Å². The lowest BCUT2D eigenvalue weighted by Gasteiger charge is -2.31. The van der Waals surface area contributed by atoms with Crippen LogP contribution in [-0.4, -0.2) is 40.6 Å². The highest BCUT2D eigenvalue weighted by Crippen LogP contribution is 2.28. The molecule has 1 aromatic heterocycles. The van der Waals surface area contributed by atoms with Crippen molar-refractivity contribution in [3.05, 3.63) is 35.2 Å². The second-order valence-electron chi connectivity index (χ2n) is 6.81. The number of rotatable bonds is 7. The van der Waals surface area contributed by atoms with Crippen LogP contribution in [0.4, 0.5) is 0 Å². The van der Waals surface area contributed by atoms with Crippen LogP contribution in [0.2, 0.25) is 5.02 Å². The maximum absolute atomic E-state index is 12.4. The third-order valence-corrected chi connectivity index (χ3v) is 5.06. The van der Waals surface area contributed by atoms with Gasteiger partial charge in [-0.05, 0) is 56.4 Å². The Balaban J connectivity index is 1.59. The van der Waals surface area contributed by atoms with E-state index in [9.17, 15) is 4.79 Å². The smallest absolute Gasteiger partial charge is 0.231 e. The first kappa shape index (κ1) is 18.9. The lowest BCUT2D eigenvalue weighted by atomic mass is 9.97. The number of aromatic nitrogens is 2. The topological polar surface area (TPSA) is 86.9 Å². The summed E-state index contributed by atoms with van der Waals surface area (Å²) in [7, 11) is 0. The van der Waals surface area contributed by atoms with Crippen LogP contribution in [0.5, 0.6) is 0 Å². The number of benzene rings is 1. The van der Waals surface area contributed by atoms with Gasteiger partial charge in [-0.2, -0.15) is 4.98 Å². The highest BCUT2D eigenvalue weighted by atomic mass is 35.5. The van der Waals surface area contributed by atoms with Gasteiger partial charge in [-0.25, -0.2) is 0 Å². The van der Waals surface area contributed by atoms with Crippen molar-refractivity contribution in [1.82, 2.24) is 15.0 Å². The number of hydrogen-bond acceptors (Lipinski definition) is 4. The first-order chi connectivity index (χ1) is 12.7. The number of carbonyl (C=O) groups is 1. The molecule has 6 nitrogen and oxygen atoms in total. The van der Waals surface area contributed by atoms with Crippen molar-refractivity contribution < 1.29 is 15.1 Å². The Labute approximate surface area is 158 Å². The lowest BCUT2D eigenvalue weighted by Crippen LogP contribution is -2.50. The minimum Gasteiger partial charge on any atom is -0.358 e. The van der Waals surface area contributed by atoms with Crippen LogP contribution in [0.25, 0.3) is 11.4 Å². The van der Waals surface area contributed by atoms with Gasteiger partial charge in [0.2, 0.25) is 17.6 Å². The zero-order chi connectivity index (χ0) is 18.4. The molecular formula is C19H26ClN4O2+. The number of carbonyl (C=O) groups excluding carboxylic acids is 1. The summed E-state index contributed by atoms with van der Waals surface area (Å²) in [6.07, 6.45) is 5.65. The maximum Gasteiger partial charge on any atom is 0.231 e. The summed E-state index contributed by atoms with van der Waals surface area (Å²) in [4.78, 5) is 18.9. The Morgan fingerprint density at radius 3 is 2.85 bits per heavy atom. The van der Waals surface area contributed by atoms with E-state index in [1.807, 2.05) is 29.2 Å². The van der Waals surface area contributed by atoms with Gasteiger partial charge in [0.1, 0.15) is 0 Å². The summed E-state index contributed by atoms with van der Waals surface area (Å²) in [5.41, 5.74) is 4.71. The van der Waals surface area contributed by atoms with Crippen LogP contribution in [0.3, 0.4) is 0 Å². The van der Waals surface area contributed by atoms with E-state index in [1.165, 1.54) is 0 Å². The van der Waals surface area contributed by atoms with Gasteiger partial charge in [-0.3, -0.25) is 4.79 Å². The number of halogens is 1. The fraction of sp³-hybridized carbons (Fsp3) is 0.526. The molecule has 0 bridgehead atoms. The van der Waals surface area contributed by atoms with Crippen molar-refractivity contribution in [3.63, 3.8) is 0 Å². The fourth-order valence-electron chi connectivity index (χ4n) is 3.31. The Bertz CT molecular complexity index is 717. The van der Waals surface area contributed by atoms with Crippen molar-refractivity contribution in [2.75, 3.05) is 19.6 Å². The first-order valence-corrected chi connectivity index (χ1v) is 9.71. The minimum absolute atomic E-state index is 0.112. The Hall–Kier alpha value is -1.92. The summed E-state index contributed by atoms with van der Waals surface area (Å²) in [5.74, 6) is 1.52. The number of quaternary nitrogens is 1. The molecule has 2 heterocycles. The zero-order valence-corrected chi connectivity index (χ0v) is 15.7. The Morgan fingerprint density at radius 1 is 1.27 bits per heavy atom. The van der Waals surface area contributed by atoms with E-state index in [-0.39, 0.29) is 11.8 Å². The molecule has 0 aliphatic carbocycles. The van der Waals surface area contributed by atoms with Gasteiger partial charge >= 0.3 is 0 Å². The van der Waals surface area contributed by atoms with E-state index in [2.05, 4.69) is 15.9 Å². The van der Waals surface area contributed by atoms with Gasteiger partial charge in [0.15, 0.2) is 0 Å². The Morgan fingerprint density at radius 2 is 2.08 bits per heavy atom. The largest absolute Gasteiger partial charge is 0.358 e. The summed E-state index contributed by atoms with van der Waals surface area (Å²) in [6.45, 7) is 2.42. The van der Waals surface area contributed by atoms with Crippen molar-refractivity contribution in [2.45, 2.75) is 44.4 Å². The van der Waals surface area contributed by atoms with E-state index in [4.69, 9.17) is 16.1 Å². The van der Waals surface area contributed by atoms with Crippen LogP contribution < -0.4 is 5.73 Å². The van der Waals surface area contributed by atoms with Crippen molar-refractivity contribution in [2.24, 2.45) is 0 Å². The summed E-state index contributed by atoms with van der Waals surface area (Å²) >= 11 is 5.92. The van der Waals surface area contributed by atoms with E-state index < -0.39 is 0 Å². The summed E-state index contributed by atoms with van der Waals surface area (Å²) < 4.78 is 5.49. The molecule has 1 amide bonds. The number of likely N-dealkylation sites (tertiary alicyclic amines) is 1. The minimum atomic E-state index is 0.112. The molecular weight excluding hydrogens is 352 g/mol. The van der Waals surface area contributed by atoms with E-state index in [1.54, 1.807) is 0 Å². The average Bonchev–Trinajstić information content (AvgIpc) is 3.16. The summed E-state index contributed by atoms with van der Waals surface area (Å²) in [5, 5.41) is 4.77. The normalized spacial score (nSPS) is 17.5. The predicted octanol–water partition coefficient (Wildman–Crippen LogP) is 2.90. The molecule has 2 aromatic rings. The third kappa shape index (κ3) is 4.83. The molecule has 0 radical (unpaired) electrons. The van der Waals surface area contributed by atoms with Crippen LogP contribution in [0, 0.1) is 0 Å². The molecule has 1 saturated heterocycles. The third-order valence-electron chi connectivity index (χ3n) is 4.81. The Kier molecular flexibility index (Phi) is 6.63. The molecule has 140 valence electrons. The molecule has 1 aliphatic heterocycles. The molecule has 3 N–H and O–H groups in total. The van der Waals surface area contributed by atoms with Gasteiger partial charge in [0.25, 0.3) is 0 Å². The van der Waals surface area contributed by atoms with Crippen molar-refractivity contribution in [3.8, 4) is 11.4 Å². The van der Waals surface area contributed by atoms with Crippen LogP contribution in [-0.2, 0) is 4.79 Å². The monoisotopic (exact) mass is 377 g/mol. The number of hydrogen-bond donors (Lipinski definition) is 1. The summed E-state index contributed by atoms with van der Waals surface area (Å²) in [6, 6.07) is 7.37. The van der Waals surface area contributed by atoms with Crippen molar-refractivity contribution >= 4 is 17.5 Å². The van der Waals surface area contributed by atoms with Crippen LogP contribution in [0.1, 0.15) is 50.3 Å².